The van der Waals surface area contributed by atoms with Gasteiger partial charge in [-0.3, -0.25) is 9.59 Å². The Morgan fingerprint density at radius 1 is 1.23 bits per heavy atom. The maximum Gasteiger partial charge on any atom is 0.265 e. The lowest BCUT2D eigenvalue weighted by atomic mass is 10.1. The number of hydrogen-bond donors (Lipinski definition) is 1. The van der Waals surface area contributed by atoms with Crippen molar-refractivity contribution in [1.29, 1.82) is 0 Å². The summed E-state index contributed by atoms with van der Waals surface area (Å²) in [6, 6.07) is 7.29. The van der Waals surface area contributed by atoms with Crippen LogP contribution in [0.3, 0.4) is 0 Å². The average molecular weight is 456 g/mol. The number of thiazole rings is 1. The van der Waals surface area contributed by atoms with E-state index in [0.29, 0.717) is 34.1 Å². The van der Waals surface area contributed by atoms with Crippen LogP contribution < -0.4 is 10.2 Å². The normalized spacial score (nSPS) is 16.4. The van der Waals surface area contributed by atoms with Gasteiger partial charge in [0.15, 0.2) is 16.6 Å². The van der Waals surface area contributed by atoms with Gasteiger partial charge in [0, 0.05) is 39.8 Å². The molecule has 3 aromatic heterocycles. The maximum absolute atomic E-state index is 12.7. The Bertz CT molecular complexity index is 1270. The van der Waals surface area contributed by atoms with E-state index in [-0.39, 0.29) is 17.7 Å². The van der Waals surface area contributed by atoms with Crippen LogP contribution in [-0.2, 0) is 4.79 Å². The smallest absolute Gasteiger partial charge is 0.265 e. The number of aryl methyl sites for hydroxylation is 1. The number of oxazole rings is 1. The number of thiophene rings is 1. The summed E-state index contributed by atoms with van der Waals surface area (Å²) in [6.07, 6.45) is 0.841. The van der Waals surface area contributed by atoms with Crippen molar-refractivity contribution in [3.05, 3.63) is 35.0 Å². The molecule has 1 N–H and O–H groups in total. The van der Waals surface area contributed by atoms with E-state index in [1.54, 1.807) is 55.5 Å². The fraction of sp³-hybridized carbons (Fsp3) is 0.333. The van der Waals surface area contributed by atoms with Crippen molar-refractivity contribution in [3.63, 3.8) is 0 Å². The van der Waals surface area contributed by atoms with Crippen molar-refractivity contribution in [1.82, 2.24) is 14.9 Å². The van der Waals surface area contributed by atoms with Gasteiger partial charge in [0.2, 0.25) is 5.91 Å². The largest absolute Gasteiger partial charge is 0.441 e. The van der Waals surface area contributed by atoms with Crippen LogP contribution in [0, 0.1) is 12.8 Å². The summed E-state index contributed by atoms with van der Waals surface area (Å²) in [5.74, 6) is 0.603. The molecule has 10 heteroatoms. The first-order valence-electron chi connectivity index (χ1n) is 9.92. The van der Waals surface area contributed by atoms with Crippen LogP contribution in [0.25, 0.3) is 20.6 Å². The first kappa shape index (κ1) is 20.0. The zero-order valence-corrected chi connectivity index (χ0v) is 19.0. The first-order chi connectivity index (χ1) is 14.9. The molecule has 0 saturated carbocycles. The van der Waals surface area contributed by atoms with Crippen LogP contribution in [0.4, 0.5) is 10.8 Å². The van der Waals surface area contributed by atoms with E-state index in [1.165, 1.54) is 11.3 Å². The van der Waals surface area contributed by atoms with Gasteiger partial charge < -0.3 is 19.5 Å². The van der Waals surface area contributed by atoms with E-state index in [0.717, 1.165) is 27.6 Å². The minimum Gasteiger partial charge on any atom is -0.441 e. The second kappa shape index (κ2) is 7.61. The molecule has 0 radical (unpaired) electrons. The Balaban J connectivity index is 1.30. The zero-order valence-electron chi connectivity index (χ0n) is 17.3. The van der Waals surface area contributed by atoms with Crippen molar-refractivity contribution in [2.45, 2.75) is 13.3 Å². The number of hydrogen-bond acceptors (Lipinski definition) is 8. The van der Waals surface area contributed by atoms with Gasteiger partial charge in [0.25, 0.3) is 5.91 Å². The number of amides is 2. The van der Waals surface area contributed by atoms with Crippen LogP contribution in [0.5, 0.6) is 0 Å². The van der Waals surface area contributed by atoms with Gasteiger partial charge in [-0.2, -0.15) is 0 Å². The van der Waals surface area contributed by atoms with Crippen molar-refractivity contribution >= 4 is 65.9 Å². The van der Waals surface area contributed by atoms with Gasteiger partial charge in [0.1, 0.15) is 10.3 Å². The topological polar surface area (TPSA) is 91.6 Å². The Hall–Kier alpha value is -2.98. The van der Waals surface area contributed by atoms with Crippen LogP contribution in [0.15, 0.2) is 28.7 Å². The number of fused-ring (bicyclic) bond motifs is 2. The standard InChI is InChI=1S/C21H21N5O3S2/c1-11-22-14-8-13(4-5-15(14)29-11)23-18(27)16-9-17-19(30-16)24-21(31-17)26-7-6-12(10-26)20(28)25(2)3/h4-5,8-9,12H,6-7,10H2,1-3H3,(H,23,27). The fourth-order valence-electron chi connectivity index (χ4n) is 3.78. The van der Waals surface area contributed by atoms with E-state index >= 15 is 0 Å². The predicted molar refractivity (Wildman–Crippen MR) is 123 cm³/mol. The third kappa shape index (κ3) is 3.77. The molecule has 1 unspecified atom stereocenters. The summed E-state index contributed by atoms with van der Waals surface area (Å²) in [7, 11) is 3.59. The van der Waals surface area contributed by atoms with E-state index in [2.05, 4.69) is 15.2 Å². The van der Waals surface area contributed by atoms with Crippen molar-refractivity contribution in [2.75, 3.05) is 37.4 Å². The zero-order chi connectivity index (χ0) is 21.7. The molecule has 0 spiro atoms. The minimum absolute atomic E-state index is 0.0177. The van der Waals surface area contributed by atoms with E-state index in [4.69, 9.17) is 9.40 Å². The van der Waals surface area contributed by atoms with Crippen LogP contribution in [0.1, 0.15) is 22.0 Å². The Morgan fingerprint density at radius 2 is 2.06 bits per heavy atom. The van der Waals surface area contributed by atoms with Gasteiger partial charge in [-0.25, -0.2) is 9.97 Å². The third-order valence-corrected chi connectivity index (χ3v) is 7.52. The molecule has 1 aliphatic rings. The van der Waals surface area contributed by atoms with Crippen molar-refractivity contribution in [2.24, 2.45) is 5.92 Å². The lowest BCUT2D eigenvalue weighted by Crippen LogP contribution is -2.31. The predicted octanol–water partition coefficient (Wildman–Crippen LogP) is 3.97. The number of benzene rings is 1. The fourth-order valence-corrected chi connectivity index (χ4v) is 5.93. The second-order valence-electron chi connectivity index (χ2n) is 7.81. The maximum atomic E-state index is 12.7. The average Bonchev–Trinajstić information content (AvgIpc) is 3.48. The van der Waals surface area contributed by atoms with E-state index < -0.39 is 0 Å². The van der Waals surface area contributed by atoms with Crippen molar-refractivity contribution in [3.8, 4) is 0 Å². The lowest BCUT2D eigenvalue weighted by molar-refractivity contribution is -0.132. The molecule has 1 fully saturated rings. The highest BCUT2D eigenvalue weighted by Gasteiger charge is 2.31. The number of anilines is 2. The molecule has 8 nitrogen and oxygen atoms in total. The highest BCUT2D eigenvalue weighted by atomic mass is 32.1. The molecule has 1 saturated heterocycles. The molecule has 160 valence electrons. The highest BCUT2D eigenvalue weighted by molar-refractivity contribution is 7.29. The summed E-state index contributed by atoms with van der Waals surface area (Å²) in [5, 5.41) is 3.83. The van der Waals surface area contributed by atoms with E-state index in [1.807, 2.05) is 6.07 Å². The minimum atomic E-state index is -0.172. The molecule has 0 bridgehead atoms. The van der Waals surface area contributed by atoms with Gasteiger partial charge in [-0.05, 0) is 30.7 Å². The molecular weight excluding hydrogens is 434 g/mol. The molecule has 1 atom stereocenters. The molecule has 1 aliphatic heterocycles. The Labute approximate surface area is 186 Å². The van der Waals surface area contributed by atoms with Gasteiger partial charge in [-0.1, -0.05) is 11.3 Å². The molecule has 0 aliphatic carbocycles. The first-order valence-corrected chi connectivity index (χ1v) is 11.6. The Morgan fingerprint density at radius 3 is 2.84 bits per heavy atom. The molecule has 5 rings (SSSR count). The monoisotopic (exact) mass is 455 g/mol. The SMILES string of the molecule is Cc1nc2cc(NC(=O)c3cc4sc(N5CCC(C(=O)N(C)C)C5)nc4s3)ccc2o1. The summed E-state index contributed by atoms with van der Waals surface area (Å²) in [6.45, 7) is 3.30. The summed E-state index contributed by atoms with van der Waals surface area (Å²) < 4.78 is 6.45. The lowest BCUT2D eigenvalue weighted by Gasteiger charge is -2.17. The quantitative estimate of drug-likeness (QED) is 0.501. The van der Waals surface area contributed by atoms with Crippen LogP contribution >= 0.6 is 22.7 Å². The number of nitrogens with one attached hydrogen (secondary N) is 1. The molecule has 4 heterocycles. The molecule has 4 aromatic rings. The summed E-state index contributed by atoms with van der Waals surface area (Å²) in [5.41, 5.74) is 2.08. The van der Waals surface area contributed by atoms with Crippen LogP contribution in [-0.4, -0.2) is 53.9 Å². The second-order valence-corrected chi connectivity index (χ2v) is 9.85. The third-order valence-electron chi connectivity index (χ3n) is 5.30. The summed E-state index contributed by atoms with van der Waals surface area (Å²) in [4.78, 5) is 39.2. The Kier molecular flexibility index (Phi) is 4.90. The number of carbonyl (C=O) groups is 2. The molecular formula is C21H21N5O3S2. The van der Waals surface area contributed by atoms with Gasteiger partial charge in [0.05, 0.1) is 15.5 Å². The molecule has 1 aromatic carbocycles. The summed E-state index contributed by atoms with van der Waals surface area (Å²) >= 11 is 2.94. The number of carbonyl (C=O) groups excluding carboxylic acids is 2. The van der Waals surface area contributed by atoms with Crippen LogP contribution in [0.2, 0.25) is 0 Å². The van der Waals surface area contributed by atoms with Crippen molar-refractivity contribution < 1.29 is 14.0 Å². The number of aromatic nitrogens is 2. The molecule has 31 heavy (non-hydrogen) atoms. The highest BCUT2D eigenvalue weighted by Crippen LogP contribution is 2.37. The number of rotatable bonds is 4. The van der Waals surface area contributed by atoms with Gasteiger partial charge >= 0.3 is 0 Å². The molecule has 2 amide bonds. The van der Waals surface area contributed by atoms with Gasteiger partial charge in [-0.15, -0.1) is 11.3 Å². The van der Waals surface area contributed by atoms with E-state index in [9.17, 15) is 9.59 Å². The number of nitrogens with zero attached hydrogens (tertiary/aromatic N) is 4.